The molecule has 150 valence electrons. The Morgan fingerprint density at radius 1 is 1.03 bits per heavy atom. The van der Waals surface area contributed by atoms with Crippen molar-refractivity contribution in [3.8, 4) is 11.3 Å². The van der Waals surface area contributed by atoms with Crippen LogP contribution in [-0.4, -0.2) is 10.9 Å². The van der Waals surface area contributed by atoms with Gasteiger partial charge in [-0.15, -0.1) is 0 Å². The standard InChI is InChI=1S/C20H12Br2Cl3FN2O/c21-13-9-17(22)27-19(12-5-4-10(26)8-16(12)25)11(13)6-7-18(29)28-20-14(23)2-1-3-15(20)24/h1-5,8-9H,6-7H2,(H,28,29). The highest BCUT2D eigenvalue weighted by molar-refractivity contribution is 9.11. The van der Waals surface area contributed by atoms with Gasteiger partial charge in [0.05, 0.1) is 26.4 Å². The van der Waals surface area contributed by atoms with E-state index in [1.54, 1.807) is 30.3 Å². The Kier molecular flexibility index (Phi) is 7.57. The number of carbonyl (C=O) groups is 1. The van der Waals surface area contributed by atoms with Crippen LogP contribution in [0, 0.1) is 5.82 Å². The van der Waals surface area contributed by atoms with E-state index in [4.69, 9.17) is 34.8 Å². The number of para-hydroxylation sites is 1. The second kappa shape index (κ2) is 9.75. The number of nitrogens with zero attached hydrogens (tertiary/aromatic N) is 1. The maximum absolute atomic E-state index is 13.5. The van der Waals surface area contributed by atoms with Gasteiger partial charge in [-0.2, -0.15) is 0 Å². The zero-order valence-electron chi connectivity index (χ0n) is 14.6. The van der Waals surface area contributed by atoms with Gasteiger partial charge in [0.1, 0.15) is 10.4 Å². The van der Waals surface area contributed by atoms with Crippen molar-refractivity contribution in [3.05, 3.63) is 78.0 Å². The van der Waals surface area contributed by atoms with Gasteiger partial charge in [-0.05, 0) is 64.3 Å². The lowest BCUT2D eigenvalue weighted by atomic mass is 10.0. The molecule has 3 aromatic rings. The fraction of sp³-hybridized carbons (Fsp3) is 0.100. The van der Waals surface area contributed by atoms with Crippen molar-refractivity contribution in [2.75, 3.05) is 5.32 Å². The van der Waals surface area contributed by atoms with Crippen molar-refractivity contribution in [1.29, 1.82) is 0 Å². The lowest BCUT2D eigenvalue weighted by Gasteiger charge is -2.14. The summed E-state index contributed by atoms with van der Waals surface area (Å²) >= 11 is 25.3. The van der Waals surface area contributed by atoms with Gasteiger partial charge < -0.3 is 5.32 Å². The molecular weight excluding hydrogens is 569 g/mol. The summed E-state index contributed by atoms with van der Waals surface area (Å²) in [5.74, 6) is -0.698. The van der Waals surface area contributed by atoms with Crippen LogP contribution < -0.4 is 5.32 Å². The first-order valence-corrected chi connectivity index (χ1v) is 11.0. The maximum atomic E-state index is 13.5. The summed E-state index contributed by atoms with van der Waals surface area (Å²) in [6.45, 7) is 0. The van der Waals surface area contributed by atoms with Gasteiger partial charge in [-0.25, -0.2) is 9.37 Å². The summed E-state index contributed by atoms with van der Waals surface area (Å²) in [5.41, 5.74) is 2.26. The molecule has 0 bridgehead atoms. The summed E-state index contributed by atoms with van der Waals surface area (Å²) in [7, 11) is 0. The molecule has 1 N–H and O–H groups in total. The van der Waals surface area contributed by atoms with Gasteiger partial charge in [-0.1, -0.05) is 56.8 Å². The van der Waals surface area contributed by atoms with Gasteiger partial charge in [-0.3, -0.25) is 4.79 Å². The van der Waals surface area contributed by atoms with Crippen molar-refractivity contribution < 1.29 is 9.18 Å². The second-order valence-corrected chi connectivity index (χ2v) is 8.91. The summed E-state index contributed by atoms with van der Waals surface area (Å²) < 4.78 is 14.8. The Morgan fingerprint density at radius 3 is 2.38 bits per heavy atom. The first-order valence-electron chi connectivity index (χ1n) is 8.30. The number of carbonyl (C=O) groups excluding carboxylic acids is 1. The fourth-order valence-electron chi connectivity index (χ4n) is 2.71. The second-order valence-electron chi connectivity index (χ2n) is 6.02. The summed E-state index contributed by atoms with van der Waals surface area (Å²) in [4.78, 5) is 17.0. The topological polar surface area (TPSA) is 42.0 Å². The largest absolute Gasteiger partial charge is 0.324 e. The molecule has 2 aromatic carbocycles. The highest BCUT2D eigenvalue weighted by atomic mass is 79.9. The summed E-state index contributed by atoms with van der Waals surface area (Å²) in [6.07, 6.45) is 0.507. The number of hydrogen-bond acceptors (Lipinski definition) is 2. The van der Waals surface area contributed by atoms with Crippen LogP contribution in [0.4, 0.5) is 10.1 Å². The van der Waals surface area contributed by atoms with E-state index in [1.165, 1.54) is 12.1 Å². The molecule has 0 spiro atoms. The minimum atomic E-state index is -0.439. The lowest BCUT2D eigenvalue weighted by Crippen LogP contribution is -2.13. The van der Waals surface area contributed by atoms with Gasteiger partial charge in [0.25, 0.3) is 0 Å². The predicted octanol–water partition coefficient (Wildman–Crippen LogP) is 7.94. The van der Waals surface area contributed by atoms with Gasteiger partial charge >= 0.3 is 0 Å². The van der Waals surface area contributed by atoms with E-state index in [9.17, 15) is 9.18 Å². The number of halogens is 6. The normalized spacial score (nSPS) is 10.8. The molecule has 29 heavy (non-hydrogen) atoms. The van der Waals surface area contributed by atoms with Crippen molar-refractivity contribution in [2.45, 2.75) is 12.8 Å². The van der Waals surface area contributed by atoms with Crippen LogP contribution in [0.15, 0.2) is 51.5 Å². The van der Waals surface area contributed by atoms with E-state index in [0.29, 0.717) is 38.0 Å². The smallest absolute Gasteiger partial charge is 0.224 e. The van der Waals surface area contributed by atoms with Gasteiger partial charge in [0.15, 0.2) is 0 Å². The van der Waals surface area contributed by atoms with Crippen LogP contribution in [0.2, 0.25) is 15.1 Å². The van der Waals surface area contributed by atoms with Crippen molar-refractivity contribution in [1.82, 2.24) is 4.98 Å². The molecule has 1 aromatic heterocycles. The van der Waals surface area contributed by atoms with Crippen molar-refractivity contribution >= 4 is 78.3 Å². The maximum Gasteiger partial charge on any atom is 0.224 e. The molecule has 0 aliphatic heterocycles. The highest BCUT2D eigenvalue weighted by Crippen LogP contribution is 2.36. The van der Waals surface area contributed by atoms with E-state index in [2.05, 4.69) is 42.2 Å². The average Bonchev–Trinajstić information content (AvgIpc) is 2.63. The SMILES string of the molecule is O=C(CCc1c(Br)cc(Br)nc1-c1ccc(F)cc1Cl)Nc1c(Cl)cccc1Cl. The van der Waals surface area contributed by atoms with E-state index >= 15 is 0 Å². The van der Waals surface area contributed by atoms with Crippen LogP contribution in [0.3, 0.4) is 0 Å². The molecule has 1 heterocycles. The number of anilines is 1. The van der Waals surface area contributed by atoms with E-state index in [-0.39, 0.29) is 17.4 Å². The molecule has 0 atom stereocenters. The summed E-state index contributed by atoms with van der Waals surface area (Å²) in [6, 6.07) is 10.9. The van der Waals surface area contributed by atoms with Crippen LogP contribution in [0.5, 0.6) is 0 Å². The highest BCUT2D eigenvalue weighted by Gasteiger charge is 2.17. The third kappa shape index (κ3) is 5.50. The van der Waals surface area contributed by atoms with Crippen LogP contribution >= 0.6 is 66.7 Å². The van der Waals surface area contributed by atoms with E-state index < -0.39 is 5.82 Å². The molecule has 3 nitrogen and oxygen atoms in total. The third-order valence-electron chi connectivity index (χ3n) is 4.05. The average molecular weight is 581 g/mol. The third-order valence-corrected chi connectivity index (χ3v) is 6.11. The number of pyridine rings is 1. The number of benzene rings is 2. The summed E-state index contributed by atoms with van der Waals surface area (Å²) in [5, 5.41) is 3.68. The molecule has 9 heteroatoms. The molecule has 0 aliphatic carbocycles. The van der Waals surface area contributed by atoms with Crippen molar-refractivity contribution in [3.63, 3.8) is 0 Å². The van der Waals surface area contributed by atoms with Gasteiger partial charge in [0, 0.05) is 16.5 Å². The molecular formula is C20H12Br2Cl3FN2O. The first-order chi connectivity index (χ1) is 13.8. The van der Waals surface area contributed by atoms with E-state index in [1.807, 2.05) is 0 Å². The minimum absolute atomic E-state index is 0.148. The Bertz CT molecular complexity index is 1080. The predicted molar refractivity (Wildman–Crippen MR) is 123 cm³/mol. The molecule has 1 amide bonds. The molecule has 0 radical (unpaired) electrons. The fourth-order valence-corrected chi connectivity index (χ4v) is 4.78. The lowest BCUT2D eigenvalue weighted by molar-refractivity contribution is -0.116. The van der Waals surface area contributed by atoms with Crippen molar-refractivity contribution in [2.24, 2.45) is 0 Å². The molecule has 0 unspecified atom stereocenters. The van der Waals surface area contributed by atoms with Crippen LogP contribution in [0.1, 0.15) is 12.0 Å². The number of nitrogens with one attached hydrogen (secondary N) is 1. The number of amides is 1. The monoisotopic (exact) mass is 578 g/mol. The van der Waals surface area contributed by atoms with E-state index in [0.717, 1.165) is 10.0 Å². The minimum Gasteiger partial charge on any atom is -0.324 e. The molecule has 0 saturated heterocycles. The zero-order chi connectivity index (χ0) is 21.1. The Hall–Kier alpha value is -1.18. The van der Waals surface area contributed by atoms with Crippen LogP contribution in [0.25, 0.3) is 11.3 Å². The zero-order valence-corrected chi connectivity index (χ0v) is 20.0. The van der Waals surface area contributed by atoms with Crippen LogP contribution in [-0.2, 0) is 11.2 Å². The quantitative estimate of drug-likeness (QED) is 0.311. The number of rotatable bonds is 5. The Labute approximate surface area is 198 Å². The number of hydrogen-bond donors (Lipinski definition) is 1. The molecule has 0 saturated carbocycles. The Balaban J connectivity index is 1.86. The van der Waals surface area contributed by atoms with Gasteiger partial charge in [0.2, 0.25) is 5.91 Å². The first kappa shape index (κ1) is 22.5. The molecule has 3 rings (SSSR count). The Morgan fingerprint density at radius 2 is 1.72 bits per heavy atom. The number of aromatic nitrogens is 1. The molecule has 0 aliphatic rings. The molecule has 0 fully saturated rings.